The van der Waals surface area contributed by atoms with E-state index in [4.69, 9.17) is 26.8 Å². The number of aliphatic carboxylic acids is 3. The van der Waals surface area contributed by atoms with Crippen LogP contribution in [0.5, 0.6) is 0 Å². The number of rotatable bonds is 11. The molecule has 1 amide bonds. The van der Waals surface area contributed by atoms with E-state index in [0.717, 1.165) is 0 Å². The Kier molecular flexibility index (Phi) is 8.72. The molecule has 0 fully saturated rings. The Balaban J connectivity index is 4.23. The van der Waals surface area contributed by atoms with Gasteiger partial charge in [0.1, 0.15) is 18.1 Å². The van der Waals surface area contributed by atoms with Gasteiger partial charge in [0.25, 0.3) is 0 Å². The number of carbonyl (C=O) groups is 4. The molecule has 0 bridgehead atoms. The third-order valence-corrected chi connectivity index (χ3v) is 2.96. The van der Waals surface area contributed by atoms with Crippen molar-refractivity contribution in [1.29, 1.82) is 0 Å². The summed E-state index contributed by atoms with van der Waals surface area (Å²) >= 11 is 0. The third-order valence-electron chi connectivity index (χ3n) is 2.96. The lowest BCUT2D eigenvalue weighted by Gasteiger charge is -2.15. The van der Waals surface area contributed by atoms with Crippen molar-refractivity contribution in [3.05, 3.63) is 0 Å². The largest absolute Gasteiger partial charge is 0.480 e. The summed E-state index contributed by atoms with van der Waals surface area (Å²) in [7, 11) is 0. The van der Waals surface area contributed by atoms with Gasteiger partial charge in [-0.15, -0.1) is 0 Å². The summed E-state index contributed by atoms with van der Waals surface area (Å²) in [6.45, 7) is 0. The minimum Gasteiger partial charge on any atom is -0.480 e. The molecule has 0 aromatic carbocycles. The van der Waals surface area contributed by atoms with Gasteiger partial charge in [-0.25, -0.2) is 4.79 Å². The van der Waals surface area contributed by atoms with Crippen molar-refractivity contribution >= 4 is 23.8 Å². The van der Waals surface area contributed by atoms with Gasteiger partial charge in [0.05, 0.1) is 0 Å². The van der Waals surface area contributed by atoms with Gasteiger partial charge in [-0.3, -0.25) is 14.4 Å². The fourth-order valence-corrected chi connectivity index (χ4v) is 1.60. The van der Waals surface area contributed by atoms with E-state index in [1.54, 1.807) is 0 Å². The lowest BCUT2D eigenvalue weighted by molar-refractivity contribution is -0.142. The Bertz CT molecular complexity index is 427. The SMILES string of the molecule is N[C@H](CCC(=O)N[C@@H](CCC[C@H](N)C(=O)O)C(=O)O)C(=O)O. The fourth-order valence-electron chi connectivity index (χ4n) is 1.60. The summed E-state index contributed by atoms with van der Waals surface area (Å²) in [5, 5.41) is 28.4. The van der Waals surface area contributed by atoms with Crippen molar-refractivity contribution < 1.29 is 34.5 Å². The zero-order valence-electron chi connectivity index (χ0n) is 11.9. The number of carboxylic acid groups (broad SMARTS) is 3. The van der Waals surface area contributed by atoms with E-state index in [0.29, 0.717) is 0 Å². The van der Waals surface area contributed by atoms with Crippen molar-refractivity contribution in [2.45, 2.75) is 50.2 Å². The fraction of sp³-hybridized carbons (Fsp3) is 0.667. The van der Waals surface area contributed by atoms with Gasteiger partial charge in [-0.2, -0.15) is 0 Å². The smallest absolute Gasteiger partial charge is 0.326 e. The number of hydrogen-bond acceptors (Lipinski definition) is 6. The molecule has 126 valence electrons. The molecule has 0 saturated carbocycles. The lowest BCUT2D eigenvalue weighted by atomic mass is 10.1. The van der Waals surface area contributed by atoms with E-state index in [1.807, 2.05) is 0 Å². The topological polar surface area (TPSA) is 193 Å². The standard InChI is InChI=1S/C12H21N3O7/c13-6(10(17)18)2-1-3-8(12(21)22)15-9(16)5-4-7(14)11(19)20/h6-8H,1-5,13-14H2,(H,15,16)(H,17,18)(H,19,20)(H,21,22)/t6-,7+,8-/m0/s1. The van der Waals surface area contributed by atoms with Crippen molar-refractivity contribution in [2.24, 2.45) is 11.5 Å². The zero-order valence-corrected chi connectivity index (χ0v) is 11.9. The van der Waals surface area contributed by atoms with Crippen LogP contribution in [-0.4, -0.2) is 57.3 Å². The van der Waals surface area contributed by atoms with E-state index < -0.39 is 41.9 Å². The number of nitrogens with two attached hydrogens (primary N) is 2. The van der Waals surface area contributed by atoms with Crippen LogP contribution in [0.25, 0.3) is 0 Å². The summed E-state index contributed by atoms with van der Waals surface area (Å²) in [5.74, 6) is -4.32. The van der Waals surface area contributed by atoms with Gasteiger partial charge in [0.15, 0.2) is 0 Å². The molecule has 3 atom stereocenters. The Morgan fingerprint density at radius 3 is 1.77 bits per heavy atom. The molecule has 0 aromatic rings. The van der Waals surface area contributed by atoms with Crippen LogP contribution in [0.4, 0.5) is 0 Å². The molecule has 0 aliphatic heterocycles. The van der Waals surface area contributed by atoms with E-state index >= 15 is 0 Å². The second-order valence-corrected chi connectivity index (χ2v) is 4.82. The monoisotopic (exact) mass is 319 g/mol. The first-order chi connectivity index (χ1) is 10.1. The summed E-state index contributed by atoms with van der Waals surface area (Å²) in [6, 6.07) is -3.46. The Labute approximate surface area is 126 Å². The van der Waals surface area contributed by atoms with Gasteiger partial charge < -0.3 is 32.1 Å². The number of amides is 1. The van der Waals surface area contributed by atoms with Gasteiger partial charge in [-0.1, -0.05) is 0 Å². The second kappa shape index (κ2) is 9.68. The average Bonchev–Trinajstić information content (AvgIpc) is 2.42. The predicted octanol–water partition coefficient (Wildman–Crippen LogP) is -1.67. The molecule has 10 nitrogen and oxygen atoms in total. The van der Waals surface area contributed by atoms with Gasteiger partial charge in [0.2, 0.25) is 5.91 Å². The second-order valence-electron chi connectivity index (χ2n) is 4.82. The molecule has 0 saturated heterocycles. The van der Waals surface area contributed by atoms with Crippen molar-refractivity contribution in [2.75, 3.05) is 0 Å². The van der Waals surface area contributed by atoms with Gasteiger partial charge in [0, 0.05) is 6.42 Å². The summed E-state index contributed by atoms with van der Waals surface area (Å²) in [5.41, 5.74) is 10.5. The zero-order chi connectivity index (χ0) is 17.3. The molecule has 0 radical (unpaired) electrons. The van der Waals surface area contributed by atoms with Crippen LogP contribution < -0.4 is 16.8 Å². The van der Waals surface area contributed by atoms with Gasteiger partial charge in [-0.05, 0) is 25.7 Å². The molecule has 8 N–H and O–H groups in total. The molecule has 22 heavy (non-hydrogen) atoms. The van der Waals surface area contributed by atoms with Crippen molar-refractivity contribution in [3.8, 4) is 0 Å². The highest BCUT2D eigenvalue weighted by Gasteiger charge is 2.22. The Hall–Kier alpha value is -2.20. The Morgan fingerprint density at radius 2 is 1.32 bits per heavy atom. The number of nitrogens with one attached hydrogen (secondary N) is 1. The highest BCUT2D eigenvalue weighted by atomic mass is 16.4. The summed E-state index contributed by atoms with van der Waals surface area (Å²) in [6.07, 6.45) is -0.0193. The molecule has 0 unspecified atom stereocenters. The molecule has 0 spiro atoms. The normalized spacial score (nSPS) is 14.6. The van der Waals surface area contributed by atoms with Crippen LogP contribution >= 0.6 is 0 Å². The number of carboxylic acids is 3. The maximum atomic E-state index is 11.5. The predicted molar refractivity (Wildman–Crippen MR) is 73.9 cm³/mol. The molecule has 0 aliphatic rings. The van der Waals surface area contributed by atoms with Crippen molar-refractivity contribution in [3.63, 3.8) is 0 Å². The first-order valence-corrected chi connectivity index (χ1v) is 6.64. The summed E-state index contributed by atoms with van der Waals surface area (Å²) < 4.78 is 0. The summed E-state index contributed by atoms with van der Waals surface area (Å²) in [4.78, 5) is 43.6. The lowest BCUT2D eigenvalue weighted by Crippen LogP contribution is -2.42. The molecule has 10 heteroatoms. The van der Waals surface area contributed by atoms with Crippen LogP contribution in [0.2, 0.25) is 0 Å². The quantitative estimate of drug-likeness (QED) is 0.258. The molecular weight excluding hydrogens is 298 g/mol. The third kappa shape index (κ3) is 8.17. The van der Waals surface area contributed by atoms with Crippen LogP contribution in [0, 0.1) is 0 Å². The Morgan fingerprint density at radius 1 is 0.818 bits per heavy atom. The number of carbonyl (C=O) groups excluding carboxylic acids is 1. The van der Waals surface area contributed by atoms with Crippen LogP contribution in [0.3, 0.4) is 0 Å². The van der Waals surface area contributed by atoms with Crippen LogP contribution in [-0.2, 0) is 19.2 Å². The maximum Gasteiger partial charge on any atom is 0.326 e. The van der Waals surface area contributed by atoms with E-state index in [1.165, 1.54) is 0 Å². The molecular formula is C12H21N3O7. The average molecular weight is 319 g/mol. The molecule has 0 aliphatic carbocycles. The molecule has 0 aromatic heterocycles. The van der Waals surface area contributed by atoms with E-state index in [-0.39, 0.29) is 32.1 Å². The first kappa shape index (κ1) is 19.8. The molecule has 0 rings (SSSR count). The van der Waals surface area contributed by atoms with Crippen LogP contribution in [0.15, 0.2) is 0 Å². The molecule has 0 heterocycles. The first-order valence-electron chi connectivity index (χ1n) is 6.64. The van der Waals surface area contributed by atoms with Crippen molar-refractivity contribution in [1.82, 2.24) is 5.32 Å². The van der Waals surface area contributed by atoms with Crippen LogP contribution in [0.1, 0.15) is 32.1 Å². The van der Waals surface area contributed by atoms with Gasteiger partial charge >= 0.3 is 17.9 Å². The minimum absolute atomic E-state index is 0.0209. The maximum absolute atomic E-state index is 11.5. The highest BCUT2D eigenvalue weighted by Crippen LogP contribution is 2.05. The minimum atomic E-state index is -1.26. The highest BCUT2D eigenvalue weighted by molar-refractivity contribution is 5.84. The van der Waals surface area contributed by atoms with E-state index in [2.05, 4.69) is 5.32 Å². The number of hydrogen-bond donors (Lipinski definition) is 6. The van der Waals surface area contributed by atoms with E-state index in [9.17, 15) is 19.2 Å².